The molecule has 0 N–H and O–H groups in total. The monoisotopic (exact) mass is 390 g/mol. The standard InChI is InChI=1S/C22H18N2O5/c1-13(25)19-20(16-5-3-4-6-18(16)28-2)24(22(27)21(19)26)15-9-7-14(8-10-15)17-11-12-29-23-17/h3-12,19-20H,1-2H3. The Bertz CT molecular complexity index is 1070. The summed E-state index contributed by atoms with van der Waals surface area (Å²) in [7, 11) is 1.51. The van der Waals surface area contributed by atoms with Crippen molar-refractivity contribution in [2.75, 3.05) is 12.0 Å². The highest BCUT2D eigenvalue weighted by atomic mass is 16.5. The number of carbonyl (C=O) groups is 3. The molecular formula is C22H18N2O5. The Morgan fingerprint density at radius 2 is 1.79 bits per heavy atom. The van der Waals surface area contributed by atoms with Gasteiger partial charge in [0.05, 0.1) is 13.2 Å². The first-order valence-electron chi connectivity index (χ1n) is 9.04. The normalized spacial score (nSPS) is 18.9. The summed E-state index contributed by atoms with van der Waals surface area (Å²) < 4.78 is 10.3. The Kier molecular flexibility index (Phi) is 4.72. The molecule has 2 heterocycles. The molecule has 29 heavy (non-hydrogen) atoms. The fourth-order valence-corrected chi connectivity index (χ4v) is 3.74. The SMILES string of the molecule is COc1ccccc1C1C(C(C)=O)C(=O)C(=O)N1c1ccc(-c2ccon2)cc1. The molecule has 1 fully saturated rings. The molecule has 4 rings (SSSR count). The van der Waals surface area contributed by atoms with Crippen LogP contribution in [0, 0.1) is 5.92 Å². The second-order valence-electron chi connectivity index (χ2n) is 6.75. The quantitative estimate of drug-likeness (QED) is 0.491. The summed E-state index contributed by atoms with van der Waals surface area (Å²) in [6.07, 6.45) is 1.47. The molecule has 7 heteroatoms. The van der Waals surface area contributed by atoms with Crippen molar-refractivity contribution in [3.8, 4) is 17.0 Å². The van der Waals surface area contributed by atoms with Gasteiger partial charge in [-0.15, -0.1) is 0 Å². The van der Waals surface area contributed by atoms with E-state index in [1.54, 1.807) is 54.6 Å². The molecule has 1 amide bonds. The van der Waals surface area contributed by atoms with Gasteiger partial charge in [-0.1, -0.05) is 35.5 Å². The van der Waals surface area contributed by atoms with E-state index in [9.17, 15) is 14.4 Å². The van der Waals surface area contributed by atoms with E-state index in [1.165, 1.54) is 25.2 Å². The molecule has 2 unspecified atom stereocenters. The highest BCUT2D eigenvalue weighted by Gasteiger charge is 2.51. The molecule has 1 aliphatic rings. The lowest BCUT2D eigenvalue weighted by atomic mass is 9.89. The molecule has 7 nitrogen and oxygen atoms in total. The molecule has 0 spiro atoms. The average molecular weight is 390 g/mol. The number of nitrogens with zero attached hydrogens (tertiary/aromatic N) is 2. The summed E-state index contributed by atoms with van der Waals surface area (Å²) in [4.78, 5) is 39.3. The zero-order valence-electron chi connectivity index (χ0n) is 15.9. The number of amides is 1. The summed E-state index contributed by atoms with van der Waals surface area (Å²) >= 11 is 0. The maximum Gasteiger partial charge on any atom is 0.295 e. The van der Waals surface area contributed by atoms with Crippen LogP contribution >= 0.6 is 0 Å². The minimum atomic E-state index is -1.09. The summed E-state index contributed by atoms with van der Waals surface area (Å²) in [5, 5.41) is 3.89. The van der Waals surface area contributed by atoms with Crippen molar-refractivity contribution in [1.82, 2.24) is 5.16 Å². The van der Waals surface area contributed by atoms with Crippen molar-refractivity contribution in [1.29, 1.82) is 0 Å². The number of carbonyl (C=O) groups excluding carboxylic acids is 3. The lowest BCUT2D eigenvalue weighted by Gasteiger charge is -2.28. The molecule has 0 aliphatic carbocycles. The zero-order valence-corrected chi connectivity index (χ0v) is 15.9. The van der Waals surface area contributed by atoms with E-state index in [-0.39, 0.29) is 5.78 Å². The smallest absolute Gasteiger partial charge is 0.295 e. The lowest BCUT2D eigenvalue weighted by molar-refractivity contribution is -0.138. The Hall–Kier alpha value is -3.74. The van der Waals surface area contributed by atoms with Gasteiger partial charge in [0.25, 0.3) is 5.91 Å². The van der Waals surface area contributed by atoms with Crippen molar-refractivity contribution in [2.24, 2.45) is 5.92 Å². The van der Waals surface area contributed by atoms with Crippen LogP contribution in [0.3, 0.4) is 0 Å². The van der Waals surface area contributed by atoms with E-state index in [0.717, 1.165) is 5.56 Å². The summed E-state index contributed by atoms with van der Waals surface area (Å²) in [5.41, 5.74) is 2.57. The highest BCUT2D eigenvalue weighted by molar-refractivity contribution is 6.48. The average Bonchev–Trinajstić information content (AvgIpc) is 3.35. The van der Waals surface area contributed by atoms with E-state index >= 15 is 0 Å². The molecule has 3 aromatic rings. The van der Waals surface area contributed by atoms with Gasteiger partial charge in [0.2, 0.25) is 5.78 Å². The molecule has 1 aromatic heterocycles. The Labute approximate surface area is 166 Å². The number of hydrogen-bond acceptors (Lipinski definition) is 6. The van der Waals surface area contributed by atoms with Gasteiger partial charge in [0, 0.05) is 22.9 Å². The molecule has 2 atom stereocenters. The number of benzene rings is 2. The number of ketones is 2. The molecule has 1 aliphatic heterocycles. The number of anilines is 1. The van der Waals surface area contributed by atoms with Crippen LogP contribution in [0.1, 0.15) is 18.5 Å². The Morgan fingerprint density at radius 1 is 1.07 bits per heavy atom. The summed E-state index contributed by atoms with van der Waals surface area (Å²) in [6.45, 7) is 1.33. The van der Waals surface area contributed by atoms with E-state index < -0.39 is 23.7 Å². The Balaban J connectivity index is 1.82. The van der Waals surface area contributed by atoms with E-state index in [4.69, 9.17) is 9.26 Å². The van der Waals surface area contributed by atoms with Gasteiger partial charge >= 0.3 is 0 Å². The minimum absolute atomic E-state index is 0.360. The Morgan fingerprint density at radius 3 is 2.41 bits per heavy atom. The molecule has 0 saturated carbocycles. The first-order valence-corrected chi connectivity index (χ1v) is 9.04. The van der Waals surface area contributed by atoms with E-state index in [0.29, 0.717) is 22.7 Å². The van der Waals surface area contributed by atoms with E-state index in [2.05, 4.69) is 5.16 Å². The maximum atomic E-state index is 12.9. The van der Waals surface area contributed by atoms with Crippen molar-refractivity contribution >= 4 is 23.2 Å². The number of rotatable bonds is 5. The van der Waals surface area contributed by atoms with Gasteiger partial charge in [-0.25, -0.2) is 0 Å². The third-order valence-electron chi connectivity index (χ3n) is 5.08. The number of aromatic nitrogens is 1. The fourth-order valence-electron chi connectivity index (χ4n) is 3.74. The van der Waals surface area contributed by atoms with Gasteiger partial charge in [-0.3, -0.25) is 19.3 Å². The third kappa shape index (κ3) is 3.10. The maximum absolute atomic E-state index is 12.9. The third-order valence-corrected chi connectivity index (χ3v) is 5.08. The van der Waals surface area contributed by atoms with Crippen molar-refractivity contribution in [3.05, 3.63) is 66.4 Å². The molecule has 1 saturated heterocycles. The minimum Gasteiger partial charge on any atom is -0.496 e. The molecule has 0 bridgehead atoms. The number of para-hydroxylation sites is 1. The zero-order chi connectivity index (χ0) is 20.5. The van der Waals surface area contributed by atoms with Crippen LogP contribution in [0.25, 0.3) is 11.3 Å². The van der Waals surface area contributed by atoms with E-state index in [1.807, 2.05) is 0 Å². The fraction of sp³-hybridized carbons (Fsp3) is 0.182. The van der Waals surface area contributed by atoms with Gasteiger partial charge in [-0.05, 0) is 25.1 Å². The number of ether oxygens (including phenoxy) is 1. The molecular weight excluding hydrogens is 372 g/mol. The van der Waals surface area contributed by atoms with Crippen molar-refractivity contribution < 1.29 is 23.6 Å². The van der Waals surface area contributed by atoms with Crippen LogP contribution in [-0.2, 0) is 14.4 Å². The predicted molar refractivity (Wildman–Crippen MR) is 104 cm³/mol. The first-order chi connectivity index (χ1) is 14.0. The van der Waals surface area contributed by atoms with Crippen molar-refractivity contribution in [3.63, 3.8) is 0 Å². The van der Waals surface area contributed by atoms with Gasteiger partial charge in [-0.2, -0.15) is 0 Å². The lowest BCUT2D eigenvalue weighted by Crippen LogP contribution is -2.30. The summed E-state index contributed by atoms with van der Waals surface area (Å²) in [6, 6.07) is 15.0. The van der Waals surface area contributed by atoms with Gasteiger partial charge in [0.15, 0.2) is 0 Å². The second-order valence-corrected chi connectivity index (χ2v) is 6.75. The first kappa shape index (κ1) is 18.6. The number of methoxy groups -OCH3 is 1. The van der Waals surface area contributed by atoms with Crippen molar-refractivity contribution in [2.45, 2.75) is 13.0 Å². The van der Waals surface area contributed by atoms with Crippen LogP contribution in [0.4, 0.5) is 5.69 Å². The largest absolute Gasteiger partial charge is 0.496 e. The molecule has 0 radical (unpaired) electrons. The van der Waals surface area contributed by atoms with Gasteiger partial charge in [0.1, 0.15) is 29.4 Å². The summed E-state index contributed by atoms with van der Waals surface area (Å²) in [5.74, 6) is -2.37. The van der Waals surface area contributed by atoms with Crippen LogP contribution in [0.5, 0.6) is 5.75 Å². The van der Waals surface area contributed by atoms with Crippen LogP contribution in [0.15, 0.2) is 65.4 Å². The van der Waals surface area contributed by atoms with Crippen LogP contribution in [0.2, 0.25) is 0 Å². The highest BCUT2D eigenvalue weighted by Crippen LogP contribution is 2.43. The van der Waals surface area contributed by atoms with Crippen LogP contribution < -0.4 is 9.64 Å². The number of hydrogen-bond donors (Lipinski definition) is 0. The topological polar surface area (TPSA) is 89.7 Å². The van der Waals surface area contributed by atoms with Gasteiger partial charge < -0.3 is 9.26 Å². The predicted octanol–water partition coefficient (Wildman–Crippen LogP) is 3.21. The number of Topliss-reactive ketones (excluding diaryl/α,β-unsaturated/α-hetero) is 2. The molecule has 146 valence electrons. The second kappa shape index (κ2) is 7.35. The molecule has 2 aromatic carbocycles. The van der Waals surface area contributed by atoms with Crippen LogP contribution in [-0.4, -0.2) is 29.7 Å².